The van der Waals surface area contributed by atoms with Crippen molar-refractivity contribution in [3.05, 3.63) is 63.6 Å². The van der Waals surface area contributed by atoms with Crippen molar-refractivity contribution in [1.82, 2.24) is 9.97 Å². The number of hydrogen-bond acceptors (Lipinski definition) is 6. The summed E-state index contributed by atoms with van der Waals surface area (Å²) in [6.07, 6.45) is 0. The van der Waals surface area contributed by atoms with Crippen LogP contribution in [-0.2, 0) is 6.61 Å². The topological polar surface area (TPSA) is 111 Å². The van der Waals surface area contributed by atoms with E-state index in [1.165, 1.54) is 0 Å². The number of nitrogens with two attached hydrogens (primary N) is 2. The van der Waals surface area contributed by atoms with E-state index in [0.29, 0.717) is 17.9 Å². The summed E-state index contributed by atoms with van der Waals surface area (Å²) >= 11 is 12.7. The summed E-state index contributed by atoms with van der Waals surface area (Å²) < 4.78 is 5.73. The Bertz CT molecular complexity index is 979. The van der Waals surface area contributed by atoms with E-state index in [-0.39, 0.29) is 33.1 Å². The molecule has 26 heavy (non-hydrogen) atoms. The van der Waals surface area contributed by atoms with Crippen LogP contribution in [-0.4, -0.2) is 9.97 Å². The first-order chi connectivity index (χ1) is 12.5. The van der Waals surface area contributed by atoms with Crippen LogP contribution in [0.25, 0.3) is 11.3 Å². The van der Waals surface area contributed by atoms with Gasteiger partial charge in [-0.15, -0.1) is 0 Å². The van der Waals surface area contributed by atoms with E-state index in [2.05, 4.69) is 9.97 Å². The molecule has 0 atom stereocenters. The highest BCUT2D eigenvalue weighted by atomic mass is 35.5. The van der Waals surface area contributed by atoms with Gasteiger partial charge in [0.1, 0.15) is 29.8 Å². The summed E-state index contributed by atoms with van der Waals surface area (Å²) in [6, 6.07) is 14.8. The molecule has 0 bridgehead atoms. The lowest BCUT2D eigenvalue weighted by Crippen LogP contribution is -2.05. The van der Waals surface area contributed by atoms with Gasteiger partial charge in [0.2, 0.25) is 5.95 Å². The third-order valence-electron chi connectivity index (χ3n) is 3.57. The fourth-order valence-electron chi connectivity index (χ4n) is 2.39. The normalized spacial score (nSPS) is 10.3. The average Bonchev–Trinajstić information content (AvgIpc) is 2.60. The highest BCUT2D eigenvalue weighted by Gasteiger charge is 2.19. The van der Waals surface area contributed by atoms with Crippen LogP contribution in [0.5, 0.6) is 5.75 Å². The molecule has 3 aromatic rings. The van der Waals surface area contributed by atoms with E-state index >= 15 is 0 Å². The van der Waals surface area contributed by atoms with Crippen LogP contribution in [0, 0.1) is 11.3 Å². The summed E-state index contributed by atoms with van der Waals surface area (Å²) in [7, 11) is 0. The minimum atomic E-state index is -0.0759. The smallest absolute Gasteiger partial charge is 0.222 e. The van der Waals surface area contributed by atoms with Crippen molar-refractivity contribution < 1.29 is 4.74 Å². The Morgan fingerprint density at radius 2 is 1.69 bits per heavy atom. The molecular weight excluding hydrogens is 373 g/mol. The van der Waals surface area contributed by atoms with Crippen molar-refractivity contribution in [2.45, 2.75) is 6.61 Å². The Hall–Kier alpha value is -3.01. The Kier molecular flexibility index (Phi) is 5.12. The number of nitriles is 1. The van der Waals surface area contributed by atoms with Crippen LogP contribution in [0.3, 0.4) is 0 Å². The van der Waals surface area contributed by atoms with Crippen LogP contribution in [0.15, 0.2) is 42.5 Å². The lowest BCUT2D eigenvalue weighted by atomic mass is 10.1. The quantitative estimate of drug-likeness (QED) is 0.699. The molecule has 0 unspecified atom stereocenters. The standard InChI is InChI=1S/C18H13Cl2N5O/c19-13-6-11(26-9-10-4-2-1-3-5-10)7-14(20)15(13)16-12(8-21)17(22)25-18(23)24-16/h1-7H,9H2,(H4,22,23,24,25). The second-order valence-corrected chi connectivity index (χ2v) is 6.15. The highest BCUT2D eigenvalue weighted by Crippen LogP contribution is 2.39. The van der Waals surface area contributed by atoms with Crippen molar-refractivity contribution in [2.24, 2.45) is 0 Å². The minimum Gasteiger partial charge on any atom is -0.489 e. The van der Waals surface area contributed by atoms with Gasteiger partial charge in [0.15, 0.2) is 0 Å². The molecule has 1 heterocycles. The van der Waals surface area contributed by atoms with Gasteiger partial charge in [0.05, 0.1) is 15.7 Å². The Morgan fingerprint density at radius 1 is 1.04 bits per heavy atom. The largest absolute Gasteiger partial charge is 0.489 e. The SMILES string of the molecule is N#Cc1c(N)nc(N)nc1-c1c(Cl)cc(OCc2ccccc2)cc1Cl. The van der Waals surface area contributed by atoms with Gasteiger partial charge in [0, 0.05) is 5.56 Å². The van der Waals surface area contributed by atoms with E-state index in [1.807, 2.05) is 36.4 Å². The molecule has 0 aliphatic rings. The summed E-state index contributed by atoms with van der Waals surface area (Å²) in [5.74, 6) is 0.376. The maximum atomic E-state index is 9.34. The number of nitrogen functional groups attached to an aromatic ring is 2. The van der Waals surface area contributed by atoms with Crippen LogP contribution in [0.1, 0.15) is 11.1 Å². The molecule has 2 aromatic carbocycles. The van der Waals surface area contributed by atoms with Crippen molar-refractivity contribution in [2.75, 3.05) is 11.5 Å². The lowest BCUT2D eigenvalue weighted by molar-refractivity contribution is 0.306. The molecule has 3 rings (SSSR count). The highest BCUT2D eigenvalue weighted by molar-refractivity contribution is 6.39. The van der Waals surface area contributed by atoms with Crippen LogP contribution >= 0.6 is 23.2 Å². The lowest BCUT2D eigenvalue weighted by Gasteiger charge is -2.13. The minimum absolute atomic E-state index is 0.0356. The van der Waals surface area contributed by atoms with Gasteiger partial charge in [0.25, 0.3) is 0 Å². The first-order valence-electron chi connectivity index (χ1n) is 7.49. The van der Waals surface area contributed by atoms with Gasteiger partial charge in [-0.25, -0.2) is 4.98 Å². The number of ether oxygens (including phenoxy) is 1. The number of anilines is 2. The fourth-order valence-corrected chi connectivity index (χ4v) is 3.03. The fraction of sp³-hybridized carbons (Fsp3) is 0.0556. The average molecular weight is 386 g/mol. The molecular formula is C18H13Cl2N5O. The van der Waals surface area contributed by atoms with E-state index in [1.54, 1.807) is 12.1 Å². The summed E-state index contributed by atoms with van der Waals surface area (Å²) in [6.45, 7) is 0.365. The molecule has 0 amide bonds. The van der Waals surface area contributed by atoms with Crippen molar-refractivity contribution in [1.29, 1.82) is 5.26 Å². The van der Waals surface area contributed by atoms with Gasteiger partial charge < -0.3 is 16.2 Å². The van der Waals surface area contributed by atoms with E-state index in [4.69, 9.17) is 39.4 Å². The molecule has 0 radical (unpaired) electrons. The van der Waals surface area contributed by atoms with Gasteiger partial charge >= 0.3 is 0 Å². The molecule has 0 aliphatic carbocycles. The number of rotatable bonds is 4. The van der Waals surface area contributed by atoms with Gasteiger partial charge in [-0.05, 0) is 17.7 Å². The molecule has 0 saturated heterocycles. The van der Waals surface area contributed by atoms with Crippen LogP contribution in [0.4, 0.5) is 11.8 Å². The Labute approximate surface area is 160 Å². The third kappa shape index (κ3) is 3.64. The molecule has 1 aromatic heterocycles. The predicted molar refractivity (Wildman–Crippen MR) is 102 cm³/mol. The van der Waals surface area contributed by atoms with E-state index < -0.39 is 0 Å². The summed E-state index contributed by atoms with van der Waals surface area (Å²) in [4.78, 5) is 7.86. The van der Waals surface area contributed by atoms with Crippen molar-refractivity contribution in [3.63, 3.8) is 0 Å². The molecule has 130 valence electrons. The maximum absolute atomic E-state index is 9.34. The van der Waals surface area contributed by atoms with Gasteiger partial charge in [-0.1, -0.05) is 53.5 Å². The molecule has 0 aliphatic heterocycles. The number of nitrogens with zero attached hydrogens (tertiary/aromatic N) is 3. The monoisotopic (exact) mass is 385 g/mol. The van der Waals surface area contributed by atoms with Crippen LogP contribution < -0.4 is 16.2 Å². The maximum Gasteiger partial charge on any atom is 0.222 e. The zero-order chi connectivity index (χ0) is 18.7. The third-order valence-corrected chi connectivity index (χ3v) is 4.16. The molecule has 6 nitrogen and oxygen atoms in total. The molecule has 4 N–H and O–H groups in total. The van der Waals surface area contributed by atoms with E-state index in [9.17, 15) is 5.26 Å². The van der Waals surface area contributed by atoms with Gasteiger partial charge in [-0.2, -0.15) is 10.2 Å². The van der Waals surface area contributed by atoms with Crippen molar-refractivity contribution in [3.8, 4) is 23.1 Å². The van der Waals surface area contributed by atoms with Crippen molar-refractivity contribution >= 4 is 35.0 Å². The zero-order valence-corrected chi connectivity index (χ0v) is 14.9. The van der Waals surface area contributed by atoms with Gasteiger partial charge in [-0.3, -0.25) is 0 Å². The molecule has 0 fully saturated rings. The Balaban J connectivity index is 1.98. The number of halogens is 2. The second-order valence-electron chi connectivity index (χ2n) is 5.34. The number of aromatic nitrogens is 2. The summed E-state index contributed by atoms with van der Waals surface area (Å²) in [5.41, 5.74) is 13.0. The molecule has 0 saturated carbocycles. The predicted octanol–water partition coefficient (Wildman–Crippen LogP) is 4.07. The zero-order valence-electron chi connectivity index (χ0n) is 13.4. The van der Waals surface area contributed by atoms with Crippen LogP contribution in [0.2, 0.25) is 10.0 Å². The second kappa shape index (κ2) is 7.48. The number of benzene rings is 2. The molecule has 0 spiro atoms. The first-order valence-corrected chi connectivity index (χ1v) is 8.24. The van der Waals surface area contributed by atoms with E-state index in [0.717, 1.165) is 5.56 Å². The molecule has 8 heteroatoms. The summed E-state index contributed by atoms with van der Waals surface area (Å²) in [5, 5.41) is 9.85. The Morgan fingerprint density at radius 3 is 2.31 bits per heavy atom. The first kappa shape index (κ1) is 17.8. The number of hydrogen-bond donors (Lipinski definition) is 2.